The Balaban J connectivity index is 1.81. The van der Waals surface area contributed by atoms with Crippen LogP contribution in [0.15, 0.2) is 53.0 Å². The molecule has 0 bridgehead atoms. The van der Waals surface area contributed by atoms with Crippen LogP contribution in [0.2, 0.25) is 0 Å². The molecule has 0 aliphatic carbocycles. The number of nitrogens with one attached hydrogen (secondary N) is 1. The predicted octanol–water partition coefficient (Wildman–Crippen LogP) is 3.49. The third kappa shape index (κ3) is 6.95. The van der Waals surface area contributed by atoms with Crippen molar-refractivity contribution in [3.05, 3.63) is 64.4 Å². The predicted molar refractivity (Wildman–Crippen MR) is 109 cm³/mol. The number of para-hydroxylation sites is 1. The fourth-order valence-corrected chi connectivity index (χ4v) is 4.18. The molecule has 0 atom stereocenters. The van der Waals surface area contributed by atoms with Crippen molar-refractivity contribution in [2.75, 3.05) is 23.7 Å². The molecule has 0 aromatic heterocycles. The van der Waals surface area contributed by atoms with Crippen molar-refractivity contribution >= 4 is 37.5 Å². The molecule has 0 spiro atoms. The summed E-state index contributed by atoms with van der Waals surface area (Å²) in [6.07, 6.45) is 2.38. The molecule has 1 N–H and O–H groups in total. The lowest BCUT2D eigenvalue weighted by Gasteiger charge is -2.23. The van der Waals surface area contributed by atoms with E-state index in [0.29, 0.717) is 29.5 Å². The highest BCUT2D eigenvalue weighted by Crippen LogP contribution is 2.27. The summed E-state index contributed by atoms with van der Waals surface area (Å²) in [5, 5.41) is 2.80. The first-order chi connectivity index (χ1) is 12.8. The summed E-state index contributed by atoms with van der Waals surface area (Å²) in [7, 11) is -3.45. The third-order valence-corrected chi connectivity index (χ3v) is 5.79. The number of carbonyl (C=O) groups excluding carboxylic acids is 1. The van der Waals surface area contributed by atoms with Crippen LogP contribution >= 0.6 is 15.9 Å². The number of anilines is 1. The highest BCUT2D eigenvalue weighted by atomic mass is 79.9. The zero-order valence-electron chi connectivity index (χ0n) is 15.0. The van der Waals surface area contributed by atoms with E-state index >= 15 is 0 Å². The van der Waals surface area contributed by atoms with Gasteiger partial charge in [0.05, 0.1) is 11.9 Å². The molecule has 0 radical (unpaired) electrons. The van der Waals surface area contributed by atoms with Crippen LogP contribution in [0.25, 0.3) is 0 Å². The van der Waals surface area contributed by atoms with Crippen LogP contribution in [0.3, 0.4) is 0 Å². The second-order valence-corrected chi connectivity index (χ2v) is 8.88. The topological polar surface area (TPSA) is 66.5 Å². The number of rotatable bonds is 9. The zero-order valence-corrected chi connectivity index (χ0v) is 17.4. The monoisotopic (exact) mass is 456 g/mol. The average molecular weight is 457 g/mol. The molecule has 0 saturated carbocycles. The van der Waals surface area contributed by atoms with Crippen LogP contribution in [0.1, 0.15) is 18.4 Å². The minimum absolute atomic E-state index is 0.141. The second kappa shape index (κ2) is 9.85. The number of amides is 1. The minimum Gasteiger partial charge on any atom is -0.356 e. The van der Waals surface area contributed by atoms with Gasteiger partial charge in [-0.25, -0.2) is 12.8 Å². The third-order valence-electron chi connectivity index (χ3n) is 3.94. The van der Waals surface area contributed by atoms with E-state index in [4.69, 9.17) is 0 Å². The van der Waals surface area contributed by atoms with Crippen LogP contribution in [0.5, 0.6) is 0 Å². The van der Waals surface area contributed by atoms with E-state index in [1.54, 1.807) is 30.3 Å². The Bertz CT molecular complexity index is 873. The van der Waals surface area contributed by atoms with Gasteiger partial charge in [0.1, 0.15) is 5.82 Å². The maximum atomic E-state index is 12.9. The van der Waals surface area contributed by atoms with Crippen LogP contribution in [0, 0.1) is 5.82 Å². The molecule has 5 nitrogen and oxygen atoms in total. The average Bonchev–Trinajstić information content (AvgIpc) is 2.60. The molecule has 2 aromatic carbocycles. The van der Waals surface area contributed by atoms with Crippen molar-refractivity contribution in [1.82, 2.24) is 5.32 Å². The lowest BCUT2D eigenvalue weighted by molar-refractivity contribution is -0.121. The Morgan fingerprint density at radius 2 is 1.81 bits per heavy atom. The second-order valence-electron chi connectivity index (χ2n) is 6.12. The van der Waals surface area contributed by atoms with E-state index in [2.05, 4.69) is 21.2 Å². The summed E-state index contributed by atoms with van der Waals surface area (Å²) < 4.78 is 39.0. The highest BCUT2D eigenvalue weighted by Gasteiger charge is 2.19. The number of sulfonamides is 1. The smallest absolute Gasteiger partial charge is 0.232 e. The number of benzene rings is 2. The molecule has 8 heteroatoms. The Kier molecular flexibility index (Phi) is 7.79. The Labute approximate surface area is 167 Å². The lowest BCUT2D eigenvalue weighted by atomic mass is 10.1. The number of halogens is 2. The maximum Gasteiger partial charge on any atom is 0.232 e. The highest BCUT2D eigenvalue weighted by molar-refractivity contribution is 9.10. The molecule has 27 heavy (non-hydrogen) atoms. The quantitative estimate of drug-likeness (QED) is 0.627. The molecular formula is C19H22BrFN2O3S. The summed E-state index contributed by atoms with van der Waals surface area (Å²) in [5.74, 6) is -0.430. The normalized spacial score (nSPS) is 11.2. The molecule has 146 valence electrons. The van der Waals surface area contributed by atoms with Crippen LogP contribution in [0.4, 0.5) is 10.1 Å². The van der Waals surface area contributed by atoms with Gasteiger partial charge in [-0.3, -0.25) is 9.10 Å². The van der Waals surface area contributed by atoms with Gasteiger partial charge in [0, 0.05) is 24.0 Å². The van der Waals surface area contributed by atoms with Gasteiger partial charge in [0.25, 0.3) is 0 Å². The summed E-state index contributed by atoms with van der Waals surface area (Å²) in [5.41, 5.74) is 1.49. The molecule has 0 heterocycles. The molecule has 0 aliphatic rings. The Morgan fingerprint density at radius 3 is 2.44 bits per heavy atom. The van der Waals surface area contributed by atoms with Crippen molar-refractivity contribution in [2.45, 2.75) is 19.3 Å². The first-order valence-corrected chi connectivity index (χ1v) is 11.1. The molecule has 2 rings (SSSR count). The van der Waals surface area contributed by atoms with Crippen molar-refractivity contribution in [2.24, 2.45) is 0 Å². The fourth-order valence-electron chi connectivity index (χ4n) is 2.59. The Hall–Kier alpha value is -1.93. The van der Waals surface area contributed by atoms with Gasteiger partial charge in [-0.1, -0.05) is 24.3 Å². The van der Waals surface area contributed by atoms with Crippen molar-refractivity contribution < 1.29 is 17.6 Å². The lowest BCUT2D eigenvalue weighted by Crippen LogP contribution is -2.32. The standard InChI is InChI=1S/C19H22BrFN2O3S/c1-27(25,26)23(18-6-3-2-5-17(18)20)14-4-7-19(24)22-13-12-15-8-10-16(21)11-9-15/h2-3,5-6,8-11H,4,7,12-14H2,1H3,(H,22,24). The van der Waals surface area contributed by atoms with Gasteiger partial charge in [-0.15, -0.1) is 0 Å². The number of carbonyl (C=O) groups is 1. The van der Waals surface area contributed by atoms with Crippen molar-refractivity contribution in [1.29, 1.82) is 0 Å². The van der Waals surface area contributed by atoms with E-state index in [1.165, 1.54) is 16.4 Å². The van der Waals surface area contributed by atoms with Crippen molar-refractivity contribution in [3.63, 3.8) is 0 Å². The molecule has 0 saturated heterocycles. The number of nitrogens with zero attached hydrogens (tertiary/aromatic N) is 1. The van der Waals surface area contributed by atoms with E-state index in [0.717, 1.165) is 11.8 Å². The molecule has 2 aromatic rings. The van der Waals surface area contributed by atoms with Gasteiger partial charge >= 0.3 is 0 Å². The van der Waals surface area contributed by atoms with E-state index in [1.807, 2.05) is 6.07 Å². The van der Waals surface area contributed by atoms with E-state index in [9.17, 15) is 17.6 Å². The fraction of sp³-hybridized carbons (Fsp3) is 0.316. The summed E-state index contributed by atoms with van der Waals surface area (Å²) in [6, 6.07) is 13.2. The summed E-state index contributed by atoms with van der Waals surface area (Å²) >= 11 is 3.36. The summed E-state index contributed by atoms with van der Waals surface area (Å²) in [4.78, 5) is 12.0. The van der Waals surface area contributed by atoms with E-state index in [-0.39, 0.29) is 24.7 Å². The molecular weight excluding hydrogens is 435 g/mol. The van der Waals surface area contributed by atoms with Gasteiger partial charge < -0.3 is 5.32 Å². The van der Waals surface area contributed by atoms with Crippen molar-refractivity contribution in [3.8, 4) is 0 Å². The first kappa shape index (κ1) is 21.4. The van der Waals surface area contributed by atoms with Crippen LogP contribution in [-0.2, 0) is 21.2 Å². The van der Waals surface area contributed by atoms with Gasteiger partial charge in [-0.05, 0) is 58.6 Å². The van der Waals surface area contributed by atoms with Gasteiger partial charge in [0.15, 0.2) is 0 Å². The maximum absolute atomic E-state index is 12.9. The molecule has 1 amide bonds. The number of hydrogen-bond donors (Lipinski definition) is 1. The largest absolute Gasteiger partial charge is 0.356 e. The van der Waals surface area contributed by atoms with E-state index < -0.39 is 10.0 Å². The summed E-state index contributed by atoms with van der Waals surface area (Å²) in [6.45, 7) is 0.664. The SMILES string of the molecule is CS(=O)(=O)N(CCCC(=O)NCCc1ccc(F)cc1)c1ccccc1Br. The Morgan fingerprint density at radius 1 is 1.15 bits per heavy atom. The van der Waals surface area contributed by atoms with Gasteiger partial charge in [-0.2, -0.15) is 0 Å². The minimum atomic E-state index is -3.45. The number of hydrogen-bond acceptors (Lipinski definition) is 3. The van der Waals surface area contributed by atoms with Crippen LogP contribution < -0.4 is 9.62 Å². The zero-order chi connectivity index (χ0) is 19.9. The first-order valence-electron chi connectivity index (χ1n) is 8.51. The van der Waals surface area contributed by atoms with Crippen LogP contribution in [-0.4, -0.2) is 33.7 Å². The molecule has 0 fully saturated rings. The molecule has 0 unspecified atom stereocenters. The molecule has 0 aliphatic heterocycles. The van der Waals surface area contributed by atoms with Gasteiger partial charge in [0.2, 0.25) is 15.9 Å².